The monoisotopic (exact) mass is 232 g/mol. The lowest BCUT2D eigenvalue weighted by Crippen LogP contribution is -2.33. The van der Waals surface area contributed by atoms with Crippen molar-refractivity contribution in [2.45, 2.75) is 24.5 Å². The average molecular weight is 232 g/mol. The number of imidazole rings is 1. The highest BCUT2D eigenvalue weighted by molar-refractivity contribution is 7.71. The number of nitrogens with one attached hydrogen (secondary N) is 1. The molecule has 0 unspecified atom stereocenters. The highest BCUT2D eigenvalue weighted by atomic mass is 32.1. The smallest absolute Gasteiger partial charge is 0.179 e. The number of nitrogens with zero attached hydrogens (tertiary/aromatic N) is 1. The summed E-state index contributed by atoms with van der Waals surface area (Å²) in [6, 6.07) is 0. The summed E-state index contributed by atoms with van der Waals surface area (Å²) in [6.45, 7) is -0.341. The van der Waals surface area contributed by atoms with Gasteiger partial charge in [0.15, 0.2) is 11.0 Å². The average Bonchev–Trinajstić information content (AvgIpc) is 2.74. The molecule has 1 fully saturated rings. The molecule has 0 saturated carbocycles. The van der Waals surface area contributed by atoms with Gasteiger partial charge in [-0.1, -0.05) is 0 Å². The molecule has 0 amide bonds. The van der Waals surface area contributed by atoms with E-state index in [9.17, 15) is 10.2 Å². The van der Waals surface area contributed by atoms with Gasteiger partial charge in [-0.25, -0.2) is 0 Å². The van der Waals surface area contributed by atoms with E-state index in [0.29, 0.717) is 4.77 Å². The Balaban J connectivity index is 2.26. The van der Waals surface area contributed by atoms with Gasteiger partial charge in [0.2, 0.25) is 0 Å². The lowest BCUT2D eigenvalue weighted by molar-refractivity contribution is -0.0534. The summed E-state index contributed by atoms with van der Waals surface area (Å²) in [5, 5.41) is 28.1. The predicted octanol–water partition coefficient (Wildman–Crippen LogP) is -0.843. The van der Waals surface area contributed by atoms with E-state index in [1.54, 1.807) is 12.4 Å². The van der Waals surface area contributed by atoms with Gasteiger partial charge >= 0.3 is 0 Å². The van der Waals surface area contributed by atoms with Crippen LogP contribution in [0.5, 0.6) is 0 Å². The largest absolute Gasteiger partial charge is 0.394 e. The molecule has 1 aromatic rings. The van der Waals surface area contributed by atoms with Crippen LogP contribution in [0.2, 0.25) is 0 Å². The van der Waals surface area contributed by atoms with Crippen molar-refractivity contribution in [1.82, 2.24) is 9.55 Å². The zero-order chi connectivity index (χ0) is 11.0. The number of H-pyrrole nitrogens is 1. The first-order valence-electron chi connectivity index (χ1n) is 4.53. The molecule has 84 valence electrons. The van der Waals surface area contributed by atoms with Crippen molar-refractivity contribution in [3.63, 3.8) is 0 Å². The van der Waals surface area contributed by atoms with Crippen molar-refractivity contribution in [3.8, 4) is 0 Å². The van der Waals surface area contributed by atoms with Gasteiger partial charge in [-0.2, -0.15) is 0 Å². The Morgan fingerprint density at radius 2 is 2.20 bits per heavy atom. The summed E-state index contributed by atoms with van der Waals surface area (Å²) in [6.07, 6.45) is -0.501. The Bertz CT molecular complexity index is 390. The van der Waals surface area contributed by atoms with Crippen LogP contribution in [-0.2, 0) is 4.74 Å². The Kier molecular flexibility index (Phi) is 2.89. The maximum Gasteiger partial charge on any atom is 0.179 e. The minimum absolute atomic E-state index is 0.341. The molecule has 0 spiro atoms. The number of aliphatic hydroxyl groups is 3. The number of aromatic amines is 1. The molecule has 0 aliphatic carbocycles. The van der Waals surface area contributed by atoms with Gasteiger partial charge in [-0.15, -0.1) is 0 Å². The van der Waals surface area contributed by atoms with E-state index in [1.807, 2.05) is 0 Å². The van der Waals surface area contributed by atoms with Crippen molar-refractivity contribution < 1.29 is 20.1 Å². The fraction of sp³-hybridized carbons (Fsp3) is 0.625. The van der Waals surface area contributed by atoms with E-state index in [4.69, 9.17) is 22.1 Å². The first-order valence-corrected chi connectivity index (χ1v) is 4.94. The Morgan fingerprint density at radius 3 is 2.67 bits per heavy atom. The first-order chi connectivity index (χ1) is 7.15. The van der Waals surface area contributed by atoms with Crippen LogP contribution in [0.4, 0.5) is 0 Å². The van der Waals surface area contributed by atoms with E-state index >= 15 is 0 Å². The third-order valence-corrected chi connectivity index (χ3v) is 2.80. The molecule has 0 aromatic carbocycles. The summed E-state index contributed by atoms with van der Waals surface area (Å²) in [4.78, 5) is 2.76. The molecular formula is C8H12N2O4S. The third-order valence-electron chi connectivity index (χ3n) is 2.47. The molecule has 6 nitrogen and oxygen atoms in total. The predicted molar refractivity (Wildman–Crippen MR) is 52.6 cm³/mol. The number of hydrogen-bond donors (Lipinski definition) is 4. The van der Waals surface area contributed by atoms with Crippen molar-refractivity contribution in [2.24, 2.45) is 0 Å². The Morgan fingerprint density at radius 1 is 1.47 bits per heavy atom. The molecule has 2 rings (SSSR count). The van der Waals surface area contributed by atoms with Gasteiger partial charge in [0.05, 0.1) is 6.61 Å². The molecule has 2 heterocycles. The lowest BCUT2D eigenvalue weighted by atomic mass is 10.1. The second-order valence-corrected chi connectivity index (χ2v) is 3.79. The number of hydrogen-bond acceptors (Lipinski definition) is 5. The van der Waals surface area contributed by atoms with Gasteiger partial charge in [0, 0.05) is 12.4 Å². The summed E-state index contributed by atoms with van der Waals surface area (Å²) in [5.41, 5.74) is 0. The number of rotatable bonds is 2. The molecular weight excluding hydrogens is 220 g/mol. The van der Waals surface area contributed by atoms with Crippen LogP contribution in [0.1, 0.15) is 6.23 Å². The standard InChI is InChI=1S/C8H12N2O4S/c11-3-4-5(12)6(13)7(14-4)10-2-1-9-8(10)15/h1-2,4-7,11-13H,3H2,(H,9,15)/t4-,5+,6-,7+/m0/s1. The molecule has 7 heteroatoms. The molecule has 0 bridgehead atoms. The van der Waals surface area contributed by atoms with Crippen LogP contribution in [0, 0.1) is 4.77 Å². The van der Waals surface area contributed by atoms with Crippen molar-refractivity contribution in [1.29, 1.82) is 0 Å². The SMILES string of the molecule is OC[C@@H]1O[C@@H](n2cc[nH]c2=S)[C@@H](O)[C@@H]1O. The lowest BCUT2D eigenvalue weighted by Gasteiger charge is -2.15. The third kappa shape index (κ3) is 1.72. The first kappa shape index (κ1) is 10.8. The summed E-state index contributed by atoms with van der Waals surface area (Å²) in [5.74, 6) is 0. The van der Waals surface area contributed by atoms with E-state index in [2.05, 4.69) is 4.98 Å². The zero-order valence-corrected chi connectivity index (χ0v) is 8.59. The van der Waals surface area contributed by atoms with Gasteiger partial charge in [-0.05, 0) is 12.2 Å². The second kappa shape index (κ2) is 4.03. The van der Waals surface area contributed by atoms with E-state index in [-0.39, 0.29) is 6.61 Å². The minimum Gasteiger partial charge on any atom is -0.394 e. The number of aliphatic hydroxyl groups excluding tert-OH is 3. The molecule has 4 atom stereocenters. The second-order valence-electron chi connectivity index (χ2n) is 3.40. The highest BCUT2D eigenvalue weighted by Crippen LogP contribution is 2.29. The molecule has 0 radical (unpaired) electrons. The number of ether oxygens (including phenoxy) is 1. The van der Waals surface area contributed by atoms with Crippen LogP contribution < -0.4 is 0 Å². The molecule has 1 saturated heterocycles. The summed E-state index contributed by atoms with van der Waals surface area (Å²) >= 11 is 4.96. The van der Waals surface area contributed by atoms with Gasteiger partial charge in [-0.3, -0.25) is 4.57 Å². The Hall–Kier alpha value is -0.730. The van der Waals surface area contributed by atoms with Gasteiger partial charge in [0.25, 0.3) is 0 Å². The maximum atomic E-state index is 9.69. The molecule has 1 aliphatic heterocycles. The fourth-order valence-electron chi connectivity index (χ4n) is 1.64. The Labute approximate surface area is 90.7 Å². The molecule has 4 N–H and O–H groups in total. The minimum atomic E-state index is -1.10. The van der Waals surface area contributed by atoms with E-state index < -0.39 is 24.5 Å². The zero-order valence-electron chi connectivity index (χ0n) is 7.78. The van der Waals surface area contributed by atoms with Crippen LogP contribution in [0.15, 0.2) is 12.4 Å². The quantitative estimate of drug-likeness (QED) is 0.499. The molecule has 15 heavy (non-hydrogen) atoms. The van der Waals surface area contributed by atoms with Crippen molar-refractivity contribution in [2.75, 3.05) is 6.61 Å². The van der Waals surface area contributed by atoms with Crippen LogP contribution in [0.25, 0.3) is 0 Å². The number of aromatic nitrogens is 2. The molecule has 1 aliphatic rings. The topological polar surface area (TPSA) is 90.6 Å². The molecule has 1 aromatic heterocycles. The summed E-state index contributed by atoms with van der Waals surface area (Å²) < 4.78 is 7.18. The fourth-order valence-corrected chi connectivity index (χ4v) is 1.87. The summed E-state index contributed by atoms with van der Waals surface area (Å²) in [7, 11) is 0. The normalized spacial score (nSPS) is 35.9. The van der Waals surface area contributed by atoms with Crippen LogP contribution >= 0.6 is 12.2 Å². The van der Waals surface area contributed by atoms with Crippen LogP contribution in [0.3, 0.4) is 0 Å². The van der Waals surface area contributed by atoms with Gasteiger partial charge in [0.1, 0.15) is 18.3 Å². The highest BCUT2D eigenvalue weighted by Gasteiger charge is 2.43. The van der Waals surface area contributed by atoms with Crippen molar-refractivity contribution in [3.05, 3.63) is 17.2 Å². The van der Waals surface area contributed by atoms with Crippen LogP contribution in [-0.4, -0.2) is 49.8 Å². The van der Waals surface area contributed by atoms with Gasteiger partial charge < -0.3 is 25.0 Å². The van der Waals surface area contributed by atoms with E-state index in [1.165, 1.54) is 4.57 Å². The van der Waals surface area contributed by atoms with Crippen molar-refractivity contribution >= 4 is 12.2 Å². The maximum absolute atomic E-state index is 9.69. The van der Waals surface area contributed by atoms with E-state index in [0.717, 1.165) is 0 Å².